The molecule has 0 saturated carbocycles. The smallest absolute Gasteiger partial charge is 0.455 e. The molecule has 9 nitrogen and oxygen atoms in total. The molecule has 0 atom stereocenters. The molecule has 29 heavy (non-hydrogen) atoms. The van der Waals surface area contributed by atoms with Crippen molar-refractivity contribution >= 4 is 30.2 Å². The molecule has 0 fully saturated rings. The number of anilines is 1. The standard InChI is InChI=1S/C19H14BN3O6/c21-17-16-12(18(25)22-19(16)26)9-15(24)23(17)13-3-1-2-4-14(13)29-11-7-5-10(6-8-11)20(27)28/h1-9,27-28H,21H2,(H,22,25,26). The molecule has 0 spiro atoms. The van der Waals surface area contributed by atoms with Crippen molar-refractivity contribution in [3.63, 3.8) is 0 Å². The van der Waals surface area contributed by atoms with Gasteiger partial charge in [-0.3, -0.25) is 24.3 Å². The lowest BCUT2D eigenvalue weighted by Crippen LogP contribution is -2.29. The largest absolute Gasteiger partial charge is 0.488 e. The molecule has 0 aliphatic carbocycles. The van der Waals surface area contributed by atoms with E-state index in [1.807, 2.05) is 0 Å². The third-order valence-electron chi connectivity index (χ3n) is 4.47. The predicted octanol–water partition coefficient (Wildman–Crippen LogP) is -0.225. The fraction of sp³-hybridized carbons (Fsp3) is 0. The monoisotopic (exact) mass is 391 g/mol. The zero-order valence-electron chi connectivity index (χ0n) is 14.8. The number of aromatic nitrogens is 1. The predicted molar refractivity (Wildman–Crippen MR) is 105 cm³/mol. The number of rotatable bonds is 4. The highest BCUT2D eigenvalue weighted by molar-refractivity contribution is 6.58. The van der Waals surface area contributed by atoms with E-state index in [4.69, 9.17) is 10.5 Å². The van der Waals surface area contributed by atoms with Crippen molar-refractivity contribution in [1.82, 2.24) is 9.88 Å². The minimum absolute atomic E-state index is 0.0642. The number of nitrogen functional groups attached to an aromatic ring is 1. The Balaban J connectivity index is 1.80. The maximum atomic E-state index is 12.7. The van der Waals surface area contributed by atoms with Crippen molar-refractivity contribution in [3.05, 3.63) is 76.1 Å². The van der Waals surface area contributed by atoms with Crippen molar-refractivity contribution < 1.29 is 24.4 Å². The molecule has 2 aromatic carbocycles. The van der Waals surface area contributed by atoms with Crippen LogP contribution in [0.15, 0.2) is 59.4 Å². The summed E-state index contributed by atoms with van der Waals surface area (Å²) in [4.78, 5) is 36.5. The summed E-state index contributed by atoms with van der Waals surface area (Å²) < 4.78 is 6.93. The summed E-state index contributed by atoms with van der Waals surface area (Å²) in [5.74, 6) is -0.874. The number of carbonyl (C=O) groups excluding carboxylic acids is 2. The van der Waals surface area contributed by atoms with E-state index in [1.54, 1.807) is 24.3 Å². The lowest BCUT2D eigenvalue weighted by molar-refractivity contribution is 0.0880. The summed E-state index contributed by atoms with van der Waals surface area (Å²) in [5.41, 5.74) is 5.92. The number of fused-ring (bicyclic) bond motifs is 1. The second-order valence-electron chi connectivity index (χ2n) is 6.29. The van der Waals surface area contributed by atoms with Gasteiger partial charge in [0.1, 0.15) is 11.6 Å². The molecular formula is C19H14BN3O6. The van der Waals surface area contributed by atoms with Gasteiger partial charge in [-0.05, 0) is 29.7 Å². The van der Waals surface area contributed by atoms with Gasteiger partial charge in [0.15, 0.2) is 5.75 Å². The van der Waals surface area contributed by atoms with Gasteiger partial charge in [-0.1, -0.05) is 24.3 Å². The zero-order valence-corrected chi connectivity index (χ0v) is 14.8. The number of ether oxygens (including phenoxy) is 1. The first-order valence-corrected chi connectivity index (χ1v) is 8.51. The van der Waals surface area contributed by atoms with E-state index in [0.29, 0.717) is 11.2 Å². The lowest BCUT2D eigenvalue weighted by atomic mass is 9.80. The van der Waals surface area contributed by atoms with Gasteiger partial charge in [0, 0.05) is 6.07 Å². The number of hydrogen-bond donors (Lipinski definition) is 4. The molecule has 1 aliphatic heterocycles. The molecule has 0 unspecified atom stereocenters. The van der Waals surface area contributed by atoms with Gasteiger partial charge >= 0.3 is 7.12 Å². The molecule has 144 valence electrons. The minimum Gasteiger partial charge on any atom is -0.455 e. The average molecular weight is 391 g/mol. The van der Waals surface area contributed by atoms with Crippen LogP contribution in [0, 0.1) is 0 Å². The van der Waals surface area contributed by atoms with Crippen LogP contribution in [-0.4, -0.2) is 33.5 Å². The van der Waals surface area contributed by atoms with Crippen LogP contribution in [0.25, 0.3) is 5.69 Å². The quantitative estimate of drug-likeness (QED) is 0.355. The molecule has 3 aromatic rings. The van der Waals surface area contributed by atoms with E-state index in [9.17, 15) is 24.4 Å². The van der Waals surface area contributed by atoms with Gasteiger partial charge in [-0.25, -0.2) is 0 Å². The van der Waals surface area contributed by atoms with E-state index in [2.05, 4.69) is 5.32 Å². The molecule has 1 aromatic heterocycles. The van der Waals surface area contributed by atoms with Crippen molar-refractivity contribution in [1.29, 1.82) is 0 Å². The Hall–Kier alpha value is -3.89. The van der Waals surface area contributed by atoms with Crippen LogP contribution in [0.1, 0.15) is 20.7 Å². The normalized spacial score (nSPS) is 12.5. The fourth-order valence-electron chi connectivity index (χ4n) is 3.09. The van der Waals surface area contributed by atoms with E-state index in [-0.39, 0.29) is 28.4 Å². The Bertz CT molecular complexity index is 1200. The summed E-state index contributed by atoms with van der Waals surface area (Å²) >= 11 is 0. The minimum atomic E-state index is -1.60. The van der Waals surface area contributed by atoms with Crippen molar-refractivity contribution in [2.24, 2.45) is 0 Å². The van der Waals surface area contributed by atoms with Crippen molar-refractivity contribution in [3.8, 4) is 17.2 Å². The van der Waals surface area contributed by atoms with Crippen LogP contribution < -0.4 is 26.8 Å². The van der Waals surface area contributed by atoms with Crippen LogP contribution >= 0.6 is 0 Å². The van der Waals surface area contributed by atoms with E-state index < -0.39 is 24.5 Å². The molecule has 0 radical (unpaired) electrons. The van der Waals surface area contributed by atoms with E-state index in [1.165, 1.54) is 24.3 Å². The van der Waals surface area contributed by atoms with Gasteiger partial charge in [-0.15, -0.1) is 0 Å². The topological polar surface area (TPSA) is 144 Å². The van der Waals surface area contributed by atoms with Gasteiger partial charge in [0.2, 0.25) is 0 Å². The summed E-state index contributed by atoms with van der Waals surface area (Å²) in [6.45, 7) is 0. The Morgan fingerprint density at radius 2 is 1.66 bits per heavy atom. The first kappa shape index (κ1) is 18.5. The maximum absolute atomic E-state index is 12.7. The Morgan fingerprint density at radius 1 is 0.966 bits per heavy atom. The molecular weight excluding hydrogens is 377 g/mol. The van der Waals surface area contributed by atoms with Crippen molar-refractivity contribution in [2.45, 2.75) is 0 Å². The number of nitrogens with one attached hydrogen (secondary N) is 1. The van der Waals surface area contributed by atoms with Gasteiger partial charge in [0.05, 0.1) is 16.8 Å². The number of benzene rings is 2. The van der Waals surface area contributed by atoms with Crippen LogP contribution in [0.3, 0.4) is 0 Å². The number of nitrogens with two attached hydrogens (primary N) is 1. The molecule has 0 saturated heterocycles. The van der Waals surface area contributed by atoms with Crippen LogP contribution in [0.2, 0.25) is 0 Å². The number of imide groups is 1. The highest BCUT2D eigenvalue weighted by Crippen LogP contribution is 2.30. The second kappa shape index (κ2) is 6.93. The van der Waals surface area contributed by atoms with Gasteiger partial charge in [-0.2, -0.15) is 0 Å². The third-order valence-corrected chi connectivity index (χ3v) is 4.47. The third kappa shape index (κ3) is 3.16. The second-order valence-corrected chi connectivity index (χ2v) is 6.29. The Labute approximate surface area is 164 Å². The Morgan fingerprint density at radius 3 is 2.34 bits per heavy atom. The van der Waals surface area contributed by atoms with E-state index >= 15 is 0 Å². The molecule has 2 amide bonds. The van der Waals surface area contributed by atoms with Gasteiger partial charge < -0.3 is 20.5 Å². The average Bonchev–Trinajstić information content (AvgIpc) is 2.97. The van der Waals surface area contributed by atoms with Crippen LogP contribution in [0.4, 0.5) is 5.82 Å². The van der Waals surface area contributed by atoms with E-state index in [0.717, 1.165) is 10.6 Å². The Kier molecular flexibility index (Phi) is 4.42. The summed E-state index contributed by atoms with van der Waals surface area (Å²) in [6.07, 6.45) is 0. The first-order chi connectivity index (χ1) is 13.9. The number of pyridine rings is 1. The molecule has 0 bridgehead atoms. The number of nitrogens with zero attached hydrogens (tertiary/aromatic N) is 1. The van der Waals surface area contributed by atoms with Gasteiger partial charge in [0.25, 0.3) is 17.4 Å². The van der Waals surface area contributed by atoms with Crippen LogP contribution in [-0.2, 0) is 0 Å². The maximum Gasteiger partial charge on any atom is 0.488 e. The summed E-state index contributed by atoms with van der Waals surface area (Å²) in [6, 6.07) is 13.6. The number of amides is 2. The van der Waals surface area contributed by atoms with Crippen molar-refractivity contribution in [2.75, 3.05) is 5.73 Å². The molecule has 2 heterocycles. The number of para-hydroxylation sites is 2. The number of carbonyl (C=O) groups is 2. The lowest BCUT2D eigenvalue weighted by Gasteiger charge is -2.16. The highest BCUT2D eigenvalue weighted by atomic mass is 16.5. The first-order valence-electron chi connectivity index (χ1n) is 8.51. The molecule has 10 heteroatoms. The summed E-state index contributed by atoms with van der Waals surface area (Å²) in [7, 11) is -1.60. The highest BCUT2D eigenvalue weighted by Gasteiger charge is 2.32. The summed E-state index contributed by atoms with van der Waals surface area (Å²) in [5, 5.41) is 20.5. The molecule has 4 rings (SSSR count). The molecule has 1 aliphatic rings. The fourth-order valence-corrected chi connectivity index (χ4v) is 3.09. The molecule has 5 N–H and O–H groups in total. The number of hydrogen-bond acceptors (Lipinski definition) is 7. The zero-order chi connectivity index (χ0) is 20.7. The van der Waals surface area contributed by atoms with Crippen LogP contribution in [0.5, 0.6) is 11.5 Å². The SMILES string of the molecule is Nc1c2c(cc(=O)n1-c1ccccc1Oc1ccc(B(O)O)cc1)C(=O)NC2=O.